The van der Waals surface area contributed by atoms with Gasteiger partial charge in [-0.3, -0.25) is 9.78 Å². The predicted molar refractivity (Wildman–Crippen MR) is 81.9 cm³/mol. The maximum atomic E-state index is 13.3. The lowest BCUT2D eigenvalue weighted by Crippen LogP contribution is -2.25. The molecule has 0 aliphatic heterocycles. The molecule has 0 unspecified atom stereocenters. The van der Waals surface area contributed by atoms with Crippen molar-refractivity contribution >= 4 is 5.91 Å². The van der Waals surface area contributed by atoms with Crippen molar-refractivity contribution in [3.8, 4) is 11.3 Å². The first-order chi connectivity index (χ1) is 11.1. The lowest BCUT2D eigenvalue weighted by Gasteiger charge is -2.14. The topological polar surface area (TPSA) is 59.2 Å². The molecule has 1 aromatic carbocycles. The zero-order valence-electron chi connectivity index (χ0n) is 12.4. The van der Waals surface area contributed by atoms with Crippen molar-refractivity contribution in [2.45, 2.75) is 6.54 Å². The number of hydrogen-bond acceptors (Lipinski definition) is 4. The van der Waals surface area contributed by atoms with Gasteiger partial charge in [0, 0.05) is 37.6 Å². The SMILES string of the molecule is CN(Cc1ccncc1)C(=O)c1cc(-c2cccc(F)c2)no1. The van der Waals surface area contributed by atoms with Crippen LogP contribution in [0.5, 0.6) is 0 Å². The molecule has 2 aromatic heterocycles. The maximum absolute atomic E-state index is 13.3. The zero-order chi connectivity index (χ0) is 16.2. The predicted octanol–water partition coefficient (Wildman–Crippen LogP) is 3.15. The summed E-state index contributed by atoms with van der Waals surface area (Å²) in [4.78, 5) is 17.8. The fourth-order valence-electron chi connectivity index (χ4n) is 2.18. The molecule has 23 heavy (non-hydrogen) atoms. The van der Waals surface area contributed by atoms with Gasteiger partial charge >= 0.3 is 0 Å². The summed E-state index contributed by atoms with van der Waals surface area (Å²) < 4.78 is 18.4. The van der Waals surface area contributed by atoms with Gasteiger partial charge in [-0.1, -0.05) is 17.3 Å². The third-order valence-electron chi connectivity index (χ3n) is 3.36. The number of amides is 1. The Kier molecular flexibility index (Phi) is 4.14. The van der Waals surface area contributed by atoms with Crippen LogP contribution in [0.2, 0.25) is 0 Å². The number of halogens is 1. The molecule has 3 rings (SSSR count). The summed E-state index contributed by atoms with van der Waals surface area (Å²) in [7, 11) is 1.67. The summed E-state index contributed by atoms with van der Waals surface area (Å²) in [6.07, 6.45) is 3.34. The van der Waals surface area contributed by atoms with E-state index in [1.165, 1.54) is 23.1 Å². The highest BCUT2D eigenvalue weighted by Gasteiger charge is 2.18. The first-order valence-corrected chi connectivity index (χ1v) is 7.00. The standard InChI is InChI=1S/C17H14FN3O2/c1-21(11-12-5-7-19-8-6-12)17(22)16-10-15(20-23-16)13-3-2-4-14(18)9-13/h2-10H,11H2,1H3. The molecule has 0 aliphatic rings. The van der Waals surface area contributed by atoms with E-state index in [1.54, 1.807) is 31.6 Å². The van der Waals surface area contributed by atoms with Crippen LogP contribution < -0.4 is 0 Å². The number of carbonyl (C=O) groups is 1. The highest BCUT2D eigenvalue weighted by molar-refractivity contribution is 5.92. The molecule has 6 heteroatoms. The van der Waals surface area contributed by atoms with E-state index in [4.69, 9.17) is 4.52 Å². The second-order valence-electron chi connectivity index (χ2n) is 5.10. The van der Waals surface area contributed by atoms with Crippen molar-refractivity contribution < 1.29 is 13.7 Å². The summed E-state index contributed by atoms with van der Waals surface area (Å²) in [5.41, 5.74) is 1.94. The van der Waals surface area contributed by atoms with Crippen LogP contribution in [0.25, 0.3) is 11.3 Å². The molecule has 0 saturated heterocycles. The monoisotopic (exact) mass is 311 g/mol. The van der Waals surface area contributed by atoms with Crippen LogP contribution in [-0.2, 0) is 6.54 Å². The molecule has 0 radical (unpaired) electrons. The summed E-state index contributed by atoms with van der Waals surface area (Å²) >= 11 is 0. The molecule has 0 saturated carbocycles. The van der Waals surface area contributed by atoms with E-state index >= 15 is 0 Å². The molecular weight excluding hydrogens is 297 g/mol. The number of nitrogens with zero attached hydrogens (tertiary/aromatic N) is 3. The van der Waals surface area contributed by atoms with Gasteiger partial charge < -0.3 is 9.42 Å². The Balaban J connectivity index is 1.76. The average Bonchev–Trinajstić information content (AvgIpc) is 3.05. The summed E-state index contributed by atoms with van der Waals surface area (Å²) in [5.74, 6) is -0.550. The van der Waals surface area contributed by atoms with E-state index < -0.39 is 0 Å². The van der Waals surface area contributed by atoms with E-state index in [1.807, 2.05) is 12.1 Å². The number of rotatable bonds is 4. The summed E-state index contributed by atoms with van der Waals surface area (Å²) in [6, 6.07) is 11.2. The minimum Gasteiger partial charge on any atom is -0.350 e. The number of benzene rings is 1. The van der Waals surface area contributed by atoms with E-state index in [-0.39, 0.29) is 17.5 Å². The number of aromatic nitrogens is 2. The average molecular weight is 311 g/mol. The van der Waals surface area contributed by atoms with Gasteiger partial charge in [0.2, 0.25) is 5.76 Å². The molecule has 3 aromatic rings. The molecule has 0 spiro atoms. The molecule has 1 amide bonds. The second-order valence-corrected chi connectivity index (χ2v) is 5.10. The van der Waals surface area contributed by atoms with Crippen LogP contribution >= 0.6 is 0 Å². The van der Waals surface area contributed by atoms with Gasteiger partial charge in [-0.15, -0.1) is 0 Å². The Morgan fingerprint density at radius 2 is 2.00 bits per heavy atom. The highest BCUT2D eigenvalue weighted by Crippen LogP contribution is 2.20. The molecule has 0 bridgehead atoms. The van der Waals surface area contributed by atoms with Gasteiger partial charge in [-0.2, -0.15) is 0 Å². The van der Waals surface area contributed by atoms with Crippen LogP contribution in [0.3, 0.4) is 0 Å². The van der Waals surface area contributed by atoms with Gasteiger partial charge in [0.25, 0.3) is 5.91 Å². The molecule has 2 heterocycles. The van der Waals surface area contributed by atoms with Crippen molar-refractivity contribution in [2.24, 2.45) is 0 Å². The third-order valence-corrected chi connectivity index (χ3v) is 3.36. The van der Waals surface area contributed by atoms with Crippen LogP contribution in [-0.4, -0.2) is 28.0 Å². The Hall–Kier alpha value is -3.02. The second kappa shape index (κ2) is 6.39. The lowest BCUT2D eigenvalue weighted by atomic mass is 10.1. The molecule has 116 valence electrons. The normalized spacial score (nSPS) is 10.5. The minimum absolute atomic E-state index is 0.112. The van der Waals surface area contributed by atoms with E-state index in [9.17, 15) is 9.18 Å². The molecule has 0 aliphatic carbocycles. The van der Waals surface area contributed by atoms with Gasteiger partial charge in [-0.05, 0) is 29.8 Å². The van der Waals surface area contributed by atoms with Crippen molar-refractivity contribution in [2.75, 3.05) is 7.05 Å². The van der Waals surface area contributed by atoms with E-state index in [2.05, 4.69) is 10.1 Å². The van der Waals surface area contributed by atoms with Crippen LogP contribution in [0, 0.1) is 5.82 Å². The highest BCUT2D eigenvalue weighted by atomic mass is 19.1. The third kappa shape index (κ3) is 3.42. The Morgan fingerprint density at radius 3 is 2.74 bits per heavy atom. The first kappa shape index (κ1) is 14.9. The Morgan fingerprint density at radius 1 is 1.22 bits per heavy atom. The van der Waals surface area contributed by atoms with E-state index in [0.29, 0.717) is 17.8 Å². The molecule has 0 N–H and O–H groups in total. The van der Waals surface area contributed by atoms with Crippen molar-refractivity contribution in [3.05, 3.63) is 72.0 Å². The Bertz CT molecular complexity index is 817. The fourth-order valence-corrected chi connectivity index (χ4v) is 2.18. The molecule has 5 nitrogen and oxygen atoms in total. The van der Waals surface area contributed by atoms with Gasteiger partial charge in [0.05, 0.1) is 0 Å². The maximum Gasteiger partial charge on any atom is 0.292 e. The Labute approximate surface area is 132 Å². The smallest absolute Gasteiger partial charge is 0.292 e. The van der Waals surface area contributed by atoms with E-state index in [0.717, 1.165) is 5.56 Å². The number of hydrogen-bond donors (Lipinski definition) is 0. The first-order valence-electron chi connectivity index (χ1n) is 7.00. The molecular formula is C17H14FN3O2. The van der Waals surface area contributed by atoms with Crippen molar-refractivity contribution in [3.63, 3.8) is 0 Å². The lowest BCUT2D eigenvalue weighted by molar-refractivity contribution is 0.0743. The molecule has 0 atom stereocenters. The van der Waals surface area contributed by atoms with Crippen molar-refractivity contribution in [1.29, 1.82) is 0 Å². The minimum atomic E-state index is -0.367. The van der Waals surface area contributed by atoms with Crippen molar-refractivity contribution in [1.82, 2.24) is 15.0 Å². The van der Waals surface area contributed by atoms with Crippen LogP contribution in [0.15, 0.2) is 59.4 Å². The fraction of sp³-hybridized carbons (Fsp3) is 0.118. The zero-order valence-corrected chi connectivity index (χ0v) is 12.4. The van der Waals surface area contributed by atoms with Gasteiger partial charge in [-0.25, -0.2) is 4.39 Å². The number of pyridine rings is 1. The van der Waals surface area contributed by atoms with Gasteiger partial charge in [0.15, 0.2) is 0 Å². The number of carbonyl (C=O) groups excluding carboxylic acids is 1. The van der Waals surface area contributed by atoms with Gasteiger partial charge in [0.1, 0.15) is 11.5 Å². The van der Waals surface area contributed by atoms with Crippen LogP contribution in [0.4, 0.5) is 4.39 Å². The molecule has 0 fully saturated rings. The van der Waals surface area contributed by atoms with Crippen LogP contribution in [0.1, 0.15) is 16.1 Å². The largest absolute Gasteiger partial charge is 0.350 e. The summed E-state index contributed by atoms with van der Waals surface area (Å²) in [6.45, 7) is 0.428. The quantitative estimate of drug-likeness (QED) is 0.742. The summed E-state index contributed by atoms with van der Waals surface area (Å²) in [5, 5.41) is 3.84.